The van der Waals surface area contributed by atoms with Gasteiger partial charge < -0.3 is 0 Å². The van der Waals surface area contributed by atoms with Crippen LogP contribution in [0.15, 0.2) is 60.7 Å². The second kappa shape index (κ2) is 6.73. The van der Waals surface area contributed by atoms with Crippen LogP contribution in [0, 0.1) is 0 Å². The summed E-state index contributed by atoms with van der Waals surface area (Å²) in [5, 5.41) is 4.56. The number of hydrogen-bond acceptors (Lipinski definition) is 0. The maximum atomic E-state index is 2.54. The van der Waals surface area contributed by atoms with E-state index in [1.54, 1.807) is 5.19 Å². The van der Waals surface area contributed by atoms with Gasteiger partial charge in [-0.1, -0.05) is 75.3 Å². The van der Waals surface area contributed by atoms with Gasteiger partial charge in [-0.2, -0.15) is 5.56 Å². The Labute approximate surface area is 164 Å². The summed E-state index contributed by atoms with van der Waals surface area (Å²) in [6.07, 6.45) is 4.77. The Morgan fingerprint density at radius 1 is 0.960 bits per heavy atom. The van der Waals surface area contributed by atoms with E-state index >= 15 is 0 Å². The summed E-state index contributed by atoms with van der Waals surface area (Å²) in [6, 6.07) is 20.4. The van der Waals surface area contributed by atoms with E-state index < -0.39 is 8.07 Å². The fraction of sp³-hybridized carbons (Fsp3) is 0.261. The third-order valence-corrected chi connectivity index (χ3v) is 9.58. The molecule has 122 valence electrons. The molecule has 1 atom stereocenters. The van der Waals surface area contributed by atoms with Crippen molar-refractivity contribution >= 4 is 30.1 Å². The maximum absolute atomic E-state index is 2.54. The van der Waals surface area contributed by atoms with Gasteiger partial charge in [0.2, 0.25) is 0 Å². The van der Waals surface area contributed by atoms with Crippen LogP contribution in [-0.4, -0.2) is 8.07 Å². The summed E-state index contributed by atoms with van der Waals surface area (Å²) < 4.78 is 0. The summed E-state index contributed by atoms with van der Waals surface area (Å²) in [7, 11) is -1.67. The Morgan fingerprint density at radius 3 is 2.40 bits per heavy atom. The van der Waals surface area contributed by atoms with Crippen molar-refractivity contribution < 1.29 is 18.9 Å². The predicted octanol–water partition coefficient (Wildman–Crippen LogP) is 2.95. The molecule has 0 bridgehead atoms. The molecular weight excluding hydrogens is 311 g/mol. The first-order chi connectivity index (χ1) is 11.5. The Morgan fingerprint density at radius 2 is 1.64 bits per heavy atom. The van der Waals surface area contributed by atoms with Gasteiger partial charge in [-0.05, 0) is 16.7 Å². The Kier molecular flexibility index (Phi) is 4.95. The molecule has 1 unspecified atom stereocenters. The molecule has 0 amide bonds. The molecule has 3 aromatic rings. The fourth-order valence-corrected chi connectivity index (χ4v) is 7.73. The molecule has 0 radical (unpaired) electrons. The van der Waals surface area contributed by atoms with Gasteiger partial charge in [-0.25, -0.2) is 0 Å². The molecule has 0 N–H and O–H groups in total. The van der Waals surface area contributed by atoms with Crippen LogP contribution in [0.4, 0.5) is 0 Å². The van der Waals surface area contributed by atoms with Crippen LogP contribution in [0.2, 0.25) is 13.1 Å². The third kappa shape index (κ3) is 2.89. The molecule has 0 saturated heterocycles. The van der Waals surface area contributed by atoms with Gasteiger partial charge in [0.05, 0.1) is 0 Å². The van der Waals surface area contributed by atoms with Crippen molar-refractivity contribution in [2.75, 3.05) is 0 Å². The smallest absolute Gasteiger partial charge is 0.151 e. The Balaban J connectivity index is 0.00000182. The largest absolute Gasteiger partial charge is 1.00 e. The number of benzene rings is 2. The molecule has 0 aromatic heterocycles. The molecule has 0 aliphatic heterocycles. The summed E-state index contributed by atoms with van der Waals surface area (Å²) in [5.74, 6) is 0.569. The quantitative estimate of drug-likeness (QED) is 0.510. The zero-order chi connectivity index (χ0) is 16.9. The second-order valence-corrected chi connectivity index (χ2v) is 12.5. The Bertz CT molecular complexity index is 930. The first-order valence-electron chi connectivity index (χ1n) is 8.96. The number of hydrogen-bond donors (Lipinski definition) is 0. The van der Waals surface area contributed by atoms with Crippen LogP contribution in [0.5, 0.6) is 0 Å². The summed E-state index contributed by atoms with van der Waals surface area (Å²) in [4.78, 5) is 0. The molecule has 25 heavy (non-hydrogen) atoms. The van der Waals surface area contributed by atoms with Gasteiger partial charge in [0, 0.05) is 8.07 Å². The van der Waals surface area contributed by atoms with Gasteiger partial charge in [0.15, 0.2) is 0 Å². The van der Waals surface area contributed by atoms with E-state index in [0.717, 1.165) is 0 Å². The molecule has 2 heteroatoms. The van der Waals surface area contributed by atoms with Crippen LogP contribution in [0.1, 0.15) is 42.0 Å². The van der Waals surface area contributed by atoms with E-state index in [2.05, 4.69) is 93.7 Å². The van der Waals surface area contributed by atoms with Crippen molar-refractivity contribution in [3.63, 3.8) is 0 Å². The number of fused-ring (bicyclic) bond motifs is 2. The number of rotatable bonds is 3. The van der Waals surface area contributed by atoms with Crippen LogP contribution < -0.4 is 24.0 Å². The summed E-state index contributed by atoms with van der Waals surface area (Å²) >= 11 is 0. The molecule has 3 aromatic carbocycles. The van der Waals surface area contributed by atoms with Gasteiger partial charge in [0.1, 0.15) is 0 Å². The molecule has 4 rings (SSSR count). The van der Waals surface area contributed by atoms with Crippen LogP contribution in [-0.2, 0) is 0 Å². The molecule has 1 aliphatic carbocycles. The topological polar surface area (TPSA) is 0 Å². The SMILES string of the molecule is CC(C)c1c[c-]([Si](C)(C)C2C=Cc3ccccc32)c2ccccc12.[Li+]. The van der Waals surface area contributed by atoms with E-state index in [-0.39, 0.29) is 18.9 Å². The summed E-state index contributed by atoms with van der Waals surface area (Å²) in [5.41, 5.74) is 5.00. The van der Waals surface area contributed by atoms with Crippen LogP contribution >= 0.6 is 0 Å². The van der Waals surface area contributed by atoms with Gasteiger partial charge in [-0.3, -0.25) is 0 Å². The van der Waals surface area contributed by atoms with E-state index in [4.69, 9.17) is 0 Å². The van der Waals surface area contributed by atoms with Crippen molar-refractivity contribution in [1.82, 2.24) is 0 Å². The zero-order valence-electron chi connectivity index (χ0n) is 16.0. The van der Waals surface area contributed by atoms with Crippen molar-refractivity contribution in [2.45, 2.75) is 38.4 Å². The van der Waals surface area contributed by atoms with E-state index in [9.17, 15) is 0 Å². The van der Waals surface area contributed by atoms with Crippen molar-refractivity contribution in [1.29, 1.82) is 0 Å². The fourth-order valence-electron chi connectivity index (χ4n) is 4.34. The van der Waals surface area contributed by atoms with E-state index in [0.29, 0.717) is 11.5 Å². The summed E-state index contributed by atoms with van der Waals surface area (Å²) in [6.45, 7) is 9.70. The van der Waals surface area contributed by atoms with Crippen LogP contribution in [0.3, 0.4) is 0 Å². The second-order valence-electron chi connectivity index (χ2n) is 7.90. The predicted molar refractivity (Wildman–Crippen MR) is 109 cm³/mol. The van der Waals surface area contributed by atoms with Crippen LogP contribution in [0.25, 0.3) is 16.8 Å². The normalized spacial score (nSPS) is 16.3. The average Bonchev–Trinajstić information content (AvgIpc) is 3.17. The van der Waals surface area contributed by atoms with Crippen molar-refractivity contribution in [2.24, 2.45) is 0 Å². The minimum Gasteiger partial charge on any atom is -0.151 e. The minimum atomic E-state index is -1.67. The molecule has 0 nitrogen and oxygen atoms in total. The molecular formula is C23H25LiSi. The average molecular weight is 336 g/mol. The third-order valence-electron chi connectivity index (χ3n) is 5.72. The molecule has 0 spiro atoms. The zero-order valence-corrected chi connectivity index (χ0v) is 17.0. The Hall–Kier alpha value is -1.40. The monoisotopic (exact) mass is 336 g/mol. The molecule has 1 aliphatic rings. The number of allylic oxidation sites excluding steroid dienone is 1. The van der Waals surface area contributed by atoms with Gasteiger partial charge >= 0.3 is 18.9 Å². The molecule has 0 saturated carbocycles. The van der Waals surface area contributed by atoms with Crippen molar-refractivity contribution in [3.8, 4) is 0 Å². The molecule has 0 heterocycles. The van der Waals surface area contributed by atoms with Crippen molar-refractivity contribution in [3.05, 3.63) is 77.4 Å². The van der Waals surface area contributed by atoms with Gasteiger partial charge in [-0.15, -0.1) is 40.2 Å². The minimum absolute atomic E-state index is 0. The standard InChI is InChI=1S/C23H25Si.Li/c1-16(2)21-15-23(20-12-8-7-11-19(20)21)24(3,4)22-14-13-17-9-5-6-10-18(17)22;/h5-16,22H,1-4H3;/q-1;+1. The van der Waals surface area contributed by atoms with E-state index in [1.807, 2.05) is 0 Å². The van der Waals surface area contributed by atoms with E-state index in [1.165, 1.54) is 27.5 Å². The first kappa shape index (κ1) is 18.4. The molecule has 0 fully saturated rings. The maximum Gasteiger partial charge on any atom is 1.00 e. The first-order valence-corrected chi connectivity index (χ1v) is 12.0. The van der Waals surface area contributed by atoms with Gasteiger partial charge in [0.25, 0.3) is 0 Å².